The molecule has 26 heavy (non-hydrogen) atoms. The lowest BCUT2D eigenvalue weighted by molar-refractivity contribution is -0.123. The fourth-order valence-corrected chi connectivity index (χ4v) is 2.21. The number of nitrogens with two attached hydrogens (primary N) is 2. The van der Waals surface area contributed by atoms with Crippen LogP contribution in [0.3, 0.4) is 0 Å². The van der Waals surface area contributed by atoms with Gasteiger partial charge in [0.2, 0.25) is 11.8 Å². The van der Waals surface area contributed by atoms with Crippen molar-refractivity contribution in [1.82, 2.24) is 10.6 Å². The number of amides is 2. The summed E-state index contributed by atoms with van der Waals surface area (Å²) in [6.07, 6.45) is 0.782. The molecule has 1 aromatic carbocycles. The molecule has 0 aliphatic heterocycles. The Kier molecular flexibility index (Phi) is 10.4. The smallest absolute Gasteiger partial charge is 0.236 e. The highest BCUT2D eigenvalue weighted by Gasteiger charge is 2.12. The standard InChI is InChI=1S/C17H29N5O4/c18-14(3-1-10-21-17(19)26)16(25)20-9-2-4-15(24)22-13-7-5-12(11-23)6-8-13/h5-8,14,17,21,23,26H,1-4,9-11,18-19H2,(H,20,25)(H,22,24)/t14-,17?/m0/s1. The second-order valence-electron chi connectivity index (χ2n) is 5.95. The van der Waals surface area contributed by atoms with E-state index in [4.69, 9.17) is 21.7 Å². The zero-order valence-corrected chi connectivity index (χ0v) is 14.8. The van der Waals surface area contributed by atoms with Crippen LogP contribution in [-0.4, -0.2) is 47.5 Å². The molecule has 1 rings (SSSR count). The van der Waals surface area contributed by atoms with Gasteiger partial charge in [0.05, 0.1) is 12.6 Å². The number of anilines is 1. The van der Waals surface area contributed by atoms with Crippen molar-refractivity contribution in [2.75, 3.05) is 18.4 Å². The topological polar surface area (TPSA) is 163 Å². The Balaban J connectivity index is 2.14. The van der Waals surface area contributed by atoms with Crippen molar-refractivity contribution in [2.24, 2.45) is 11.5 Å². The first kappa shape index (κ1) is 22.0. The van der Waals surface area contributed by atoms with Crippen LogP contribution in [0, 0.1) is 0 Å². The van der Waals surface area contributed by atoms with E-state index in [0.717, 1.165) is 5.56 Å². The molecule has 0 aliphatic rings. The highest BCUT2D eigenvalue weighted by atomic mass is 16.3. The van der Waals surface area contributed by atoms with E-state index in [0.29, 0.717) is 38.0 Å². The first-order chi connectivity index (χ1) is 12.4. The number of aliphatic hydroxyl groups is 2. The van der Waals surface area contributed by atoms with Crippen molar-refractivity contribution in [1.29, 1.82) is 0 Å². The molecule has 9 heteroatoms. The monoisotopic (exact) mass is 367 g/mol. The fraction of sp³-hybridized carbons (Fsp3) is 0.529. The third kappa shape index (κ3) is 9.44. The Labute approximate surface area is 153 Å². The van der Waals surface area contributed by atoms with E-state index >= 15 is 0 Å². The van der Waals surface area contributed by atoms with E-state index in [2.05, 4.69) is 16.0 Å². The fourth-order valence-electron chi connectivity index (χ4n) is 2.21. The predicted octanol–water partition coefficient (Wildman–Crippen LogP) is -1.05. The molecule has 0 saturated carbocycles. The number of rotatable bonds is 12. The van der Waals surface area contributed by atoms with Gasteiger partial charge in [-0.05, 0) is 43.5 Å². The molecule has 0 radical (unpaired) electrons. The SMILES string of the molecule is NC(O)NCCC[C@H](N)C(=O)NCCCC(=O)Nc1ccc(CO)cc1. The number of aliphatic hydroxyl groups excluding tert-OH is 2. The van der Waals surface area contributed by atoms with Crippen LogP contribution in [-0.2, 0) is 16.2 Å². The van der Waals surface area contributed by atoms with Crippen molar-refractivity contribution < 1.29 is 19.8 Å². The van der Waals surface area contributed by atoms with E-state index in [9.17, 15) is 9.59 Å². The van der Waals surface area contributed by atoms with Gasteiger partial charge in [0.15, 0.2) is 6.35 Å². The number of carbonyl (C=O) groups excluding carboxylic acids is 2. The molecule has 2 amide bonds. The van der Waals surface area contributed by atoms with Crippen LogP contribution in [0.2, 0.25) is 0 Å². The first-order valence-electron chi connectivity index (χ1n) is 8.62. The maximum atomic E-state index is 11.8. The van der Waals surface area contributed by atoms with Gasteiger partial charge >= 0.3 is 0 Å². The van der Waals surface area contributed by atoms with E-state index in [-0.39, 0.29) is 24.8 Å². The highest BCUT2D eigenvalue weighted by molar-refractivity contribution is 5.90. The van der Waals surface area contributed by atoms with Gasteiger partial charge in [-0.15, -0.1) is 0 Å². The Morgan fingerprint density at radius 2 is 1.77 bits per heavy atom. The molecule has 0 aromatic heterocycles. The summed E-state index contributed by atoms with van der Waals surface area (Å²) in [5.41, 5.74) is 12.3. The van der Waals surface area contributed by atoms with Gasteiger partial charge < -0.3 is 26.6 Å². The average molecular weight is 367 g/mol. The minimum Gasteiger partial charge on any atom is -0.392 e. The third-order valence-corrected chi connectivity index (χ3v) is 3.68. The van der Waals surface area contributed by atoms with Crippen LogP contribution < -0.4 is 27.4 Å². The van der Waals surface area contributed by atoms with E-state index in [1.165, 1.54) is 0 Å². The lowest BCUT2D eigenvalue weighted by Gasteiger charge is -2.13. The third-order valence-electron chi connectivity index (χ3n) is 3.68. The average Bonchev–Trinajstić information content (AvgIpc) is 2.62. The lowest BCUT2D eigenvalue weighted by Crippen LogP contribution is -2.42. The van der Waals surface area contributed by atoms with Crippen LogP contribution in [0.4, 0.5) is 5.69 Å². The van der Waals surface area contributed by atoms with E-state index in [1.807, 2.05) is 0 Å². The molecule has 0 aliphatic carbocycles. The van der Waals surface area contributed by atoms with Gasteiger partial charge in [-0.1, -0.05) is 12.1 Å². The summed E-state index contributed by atoms with van der Waals surface area (Å²) in [6.45, 7) is 0.794. The quantitative estimate of drug-likeness (QED) is 0.183. The summed E-state index contributed by atoms with van der Waals surface area (Å²) in [4.78, 5) is 23.7. The summed E-state index contributed by atoms with van der Waals surface area (Å²) in [6, 6.07) is 6.29. The summed E-state index contributed by atoms with van der Waals surface area (Å²) in [5.74, 6) is -0.412. The van der Waals surface area contributed by atoms with Crippen LogP contribution in [0.1, 0.15) is 31.2 Å². The summed E-state index contributed by atoms with van der Waals surface area (Å²) in [7, 11) is 0. The molecule has 0 spiro atoms. The Morgan fingerprint density at radius 1 is 1.08 bits per heavy atom. The minimum atomic E-state index is -1.07. The number of nitrogens with one attached hydrogen (secondary N) is 3. The van der Waals surface area contributed by atoms with Gasteiger partial charge in [-0.25, -0.2) is 0 Å². The van der Waals surface area contributed by atoms with Crippen LogP contribution in [0.25, 0.3) is 0 Å². The second kappa shape index (κ2) is 12.3. The maximum Gasteiger partial charge on any atom is 0.236 e. The Morgan fingerprint density at radius 3 is 2.38 bits per heavy atom. The molecule has 0 fully saturated rings. The molecule has 0 saturated heterocycles. The van der Waals surface area contributed by atoms with Gasteiger partial charge in [-0.2, -0.15) is 0 Å². The van der Waals surface area contributed by atoms with Crippen molar-refractivity contribution >= 4 is 17.5 Å². The molecule has 1 aromatic rings. The van der Waals surface area contributed by atoms with Gasteiger partial charge in [0.1, 0.15) is 0 Å². The normalized spacial score (nSPS) is 13.1. The van der Waals surface area contributed by atoms with Crippen LogP contribution >= 0.6 is 0 Å². The molecule has 9 N–H and O–H groups in total. The predicted molar refractivity (Wildman–Crippen MR) is 98.6 cm³/mol. The van der Waals surface area contributed by atoms with Crippen molar-refractivity contribution in [3.05, 3.63) is 29.8 Å². The van der Waals surface area contributed by atoms with Crippen molar-refractivity contribution in [3.8, 4) is 0 Å². The van der Waals surface area contributed by atoms with Gasteiger partial charge in [0, 0.05) is 18.7 Å². The molecular formula is C17H29N5O4. The molecule has 1 unspecified atom stereocenters. The van der Waals surface area contributed by atoms with Crippen LogP contribution in [0.5, 0.6) is 0 Å². The van der Waals surface area contributed by atoms with Crippen molar-refractivity contribution in [2.45, 2.75) is 44.7 Å². The molecule has 146 valence electrons. The summed E-state index contributed by atoms with van der Waals surface area (Å²) in [5, 5.41) is 25.9. The Hall–Kier alpha value is -2.04. The highest BCUT2D eigenvalue weighted by Crippen LogP contribution is 2.10. The maximum absolute atomic E-state index is 11.8. The zero-order valence-electron chi connectivity index (χ0n) is 14.8. The van der Waals surface area contributed by atoms with E-state index < -0.39 is 12.4 Å². The molecule has 0 bridgehead atoms. The largest absolute Gasteiger partial charge is 0.392 e. The molecule has 2 atom stereocenters. The van der Waals surface area contributed by atoms with Crippen LogP contribution in [0.15, 0.2) is 24.3 Å². The zero-order chi connectivity index (χ0) is 19.4. The first-order valence-corrected chi connectivity index (χ1v) is 8.62. The van der Waals surface area contributed by atoms with Gasteiger partial charge in [-0.3, -0.25) is 20.6 Å². The lowest BCUT2D eigenvalue weighted by atomic mass is 10.1. The number of carbonyl (C=O) groups is 2. The summed E-state index contributed by atoms with van der Waals surface area (Å²) >= 11 is 0. The van der Waals surface area contributed by atoms with Gasteiger partial charge in [0.25, 0.3) is 0 Å². The summed E-state index contributed by atoms with van der Waals surface area (Å²) < 4.78 is 0. The van der Waals surface area contributed by atoms with E-state index in [1.54, 1.807) is 24.3 Å². The Bertz CT molecular complexity index is 551. The molecule has 9 nitrogen and oxygen atoms in total. The number of hydrogen-bond donors (Lipinski definition) is 7. The number of hydrogen-bond acceptors (Lipinski definition) is 7. The minimum absolute atomic E-state index is 0.0401. The second-order valence-corrected chi connectivity index (χ2v) is 5.95. The van der Waals surface area contributed by atoms with Crippen molar-refractivity contribution in [3.63, 3.8) is 0 Å². The number of benzene rings is 1. The molecule has 0 heterocycles. The molecular weight excluding hydrogens is 338 g/mol.